The number of imidazole rings is 1. The smallest absolute Gasteiger partial charge is 0.0958 e. The van der Waals surface area contributed by atoms with Crippen molar-refractivity contribution < 1.29 is 0 Å². The molecule has 1 aromatic heterocycles. The molecule has 1 aliphatic rings. The molecular formula is C12H15N3. The van der Waals surface area contributed by atoms with Crippen molar-refractivity contribution in [2.75, 3.05) is 5.73 Å². The number of nitrogens with zero attached hydrogens (tertiary/aromatic N) is 2. The fourth-order valence-corrected chi connectivity index (χ4v) is 2.13. The number of rotatable bonds is 2. The van der Waals surface area contributed by atoms with E-state index in [2.05, 4.69) is 22.5 Å². The lowest BCUT2D eigenvalue weighted by atomic mass is 10.2. The largest absolute Gasteiger partial charge is 0.399 e. The van der Waals surface area contributed by atoms with Gasteiger partial charge in [0.25, 0.3) is 0 Å². The number of anilines is 1. The van der Waals surface area contributed by atoms with Crippen molar-refractivity contribution in [3.05, 3.63) is 24.5 Å². The lowest BCUT2D eigenvalue weighted by molar-refractivity contribution is 0.606. The first-order chi connectivity index (χ1) is 7.24. The van der Waals surface area contributed by atoms with Gasteiger partial charge in [-0.2, -0.15) is 0 Å². The maximum atomic E-state index is 5.72. The molecule has 1 saturated carbocycles. The third-order valence-corrected chi connectivity index (χ3v) is 3.35. The van der Waals surface area contributed by atoms with Crippen molar-refractivity contribution >= 4 is 16.7 Å². The standard InChI is InChI=1S/C12H15N3/c1-8-4-9(8)6-15-7-14-11-5-10(13)2-3-12(11)15/h2-3,5,7-9H,4,6,13H2,1H3. The summed E-state index contributed by atoms with van der Waals surface area (Å²) < 4.78 is 2.24. The maximum Gasteiger partial charge on any atom is 0.0958 e. The highest BCUT2D eigenvalue weighted by Gasteiger charge is 2.32. The third kappa shape index (κ3) is 1.48. The van der Waals surface area contributed by atoms with Gasteiger partial charge in [-0.3, -0.25) is 0 Å². The van der Waals surface area contributed by atoms with Gasteiger partial charge < -0.3 is 10.3 Å². The Hall–Kier alpha value is -1.51. The second kappa shape index (κ2) is 2.99. The Kier molecular flexibility index (Phi) is 1.75. The quantitative estimate of drug-likeness (QED) is 0.757. The van der Waals surface area contributed by atoms with Crippen molar-refractivity contribution in [3.63, 3.8) is 0 Å². The van der Waals surface area contributed by atoms with Crippen LogP contribution in [0.5, 0.6) is 0 Å². The summed E-state index contributed by atoms with van der Waals surface area (Å²) in [5, 5.41) is 0. The van der Waals surface area contributed by atoms with Gasteiger partial charge in [-0.05, 0) is 36.5 Å². The van der Waals surface area contributed by atoms with Gasteiger partial charge in [-0.25, -0.2) is 4.98 Å². The summed E-state index contributed by atoms with van der Waals surface area (Å²) in [5.41, 5.74) is 8.70. The number of hydrogen-bond acceptors (Lipinski definition) is 2. The van der Waals surface area contributed by atoms with E-state index in [0.29, 0.717) is 0 Å². The molecule has 3 rings (SSSR count). The van der Waals surface area contributed by atoms with Crippen LogP contribution in [0.4, 0.5) is 5.69 Å². The van der Waals surface area contributed by atoms with E-state index in [1.54, 1.807) is 0 Å². The monoisotopic (exact) mass is 201 g/mol. The molecular weight excluding hydrogens is 186 g/mol. The number of fused-ring (bicyclic) bond motifs is 1. The van der Waals surface area contributed by atoms with Gasteiger partial charge >= 0.3 is 0 Å². The maximum absolute atomic E-state index is 5.72. The minimum absolute atomic E-state index is 0.785. The highest BCUT2D eigenvalue weighted by atomic mass is 15.0. The minimum Gasteiger partial charge on any atom is -0.399 e. The van der Waals surface area contributed by atoms with Crippen LogP contribution in [-0.4, -0.2) is 9.55 Å². The first-order valence-electron chi connectivity index (χ1n) is 5.44. The molecule has 0 spiro atoms. The summed E-state index contributed by atoms with van der Waals surface area (Å²) in [6.45, 7) is 3.41. The molecule has 0 amide bonds. The molecule has 2 aromatic rings. The van der Waals surface area contributed by atoms with Crippen LogP contribution in [0.25, 0.3) is 11.0 Å². The second-order valence-electron chi connectivity index (χ2n) is 4.62. The number of nitrogen functional groups attached to an aromatic ring is 1. The Morgan fingerprint density at radius 3 is 3.07 bits per heavy atom. The number of hydrogen-bond donors (Lipinski definition) is 1. The van der Waals surface area contributed by atoms with E-state index in [-0.39, 0.29) is 0 Å². The molecule has 78 valence electrons. The van der Waals surface area contributed by atoms with Crippen LogP contribution in [0, 0.1) is 11.8 Å². The van der Waals surface area contributed by atoms with Gasteiger partial charge in [0.2, 0.25) is 0 Å². The van der Waals surface area contributed by atoms with E-state index in [1.165, 1.54) is 11.9 Å². The number of benzene rings is 1. The summed E-state index contributed by atoms with van der Waals surface area (Å²) in [6.07, 6.45) is 3.28. The molecule has 1 aromatic carbocycles. The highest BCUT2D eigenvalue weighted by Crippen LogP contribution is 2.39. The van der Waals surface area contributed by atoms with Crippen LogP contribution >= 0.6 is 0 Å². The molecule has 2 unspecified atom stereocenters. The first kappa shape index (κ1) is 8.77. The summed E-state index contributed by atoms with van der Waals surface area (Å²) >= 11 is 0. The highest BCUT2D eigenvalue weighted by molar-refractivity contribution is 5.78. The molecule has 0 aliphatic heterocycles. The van der Waals surface area contributed by atoms with Gasteiger partial charge in [-0.1, -0.05) is 6.92 Å². The lowest BCUT2D eigenvalue weighted by Gasteiger charge is -2.02. The average molecular weight is 201 g/mol. The van der Waals surface area contributed by atoms with Gasteiger partial charge in [-0.15, -0.1) is 0 Å². The van der Waals surface area contributed by atoms with Crippen molar-refractivity contribution in [1.29, 1.82) is 0 Å². The molecule has 0 radical (unpaired) electrons. The molecule has 3 heteroatoms. The SMILES string of the molecule is CC1CC1Cn1cnc2cc(N)ccc21. The van der Waals surface area contributed by atoms with Crippen LogP contribution in [0.1, 0.15) is 13.3 Å². The predicted octanol–water partition coefficient (Wildman–Crippen LogP) is 2.27. The number of aromatic nitrogens is 2. The molecule has 0 bridgehead atoms. The molecule has 1 fully saturated rings. The lowest BCUT2D eigenvalue weighted by Crippen LogP contribution is -1.98. The summed E-state index contributed by atoms with van der Waals surface area (Å²) in [6, 6.07) is 5.93. The molecule has 1 aliphatic carbocycles. The van der Waals surface area contributed by atoms with E-state index in [4.69, 9.17) is 5.73 Å². The summed E-state index contributed by atoms with van der Waals surface area (Å²) in [4.78, 5) is 4.37. The predicted molar refractivity (Wildman–Crippen MR) is 61.4 cm³/mol. The Balaban J connectivity index is 1.97. The van der Waals surface area contributed by atoms with E-state index in [1.807, 2.05) is 18.5 Å². The van der Waals surface area contributed by atoms with Gasteiger partial charge in [0.15, 0.2) is 0 Å². The zero-order valence-electron chi connectivity index (χ0n) is 8.85. The van der Waals surface area contributed by atoms with Crippen molar-refractivity contribution in [1.82, 2.24) is 9.55 Å². The zero-order chi connectivity index (χ0) is 10.4. The van der Waals surface area contributed by atoms with Gasteiger partial charge in [0.05, 0.1) is 17.4 Å². The fourth-order valence-electron chi connectivity index (χ4n) is 2.13. The molecule has 0 saturated heterocycles. The zero-order valence-corrected chi connectivity index (χ0v) is 8.85. The Morgan fingerprint density at radius 2 is 2.33 bits per heavy atom. The molecule has 3 nitrogen and oxygen atoms in total. The molecule has 1 heterocycles. The number of nitrogens with two attached hydrogens (primary N) is 1. The van der Waals surface area contributed by atoms with Gasteiger partial charge in [0.1, 0.15) is 0 Å². The summed E-state index contributed by atoms with van der Waals surface area (Å²) in [7, 11) is 0. The van der Waals surface area contributed by atoms with Crippen molar-refractivity contribution in [2.45, 2.75) is 19.9 Å². The van der Waals surface area contributed by atoms with Crippen molar-refractivity contribution in [2.24, 2.45) is 11.8 Å². The van der Waals surface area contributed by atoms with Crippen LogP contribution in [0.3, 0.4) is 0 Å². The van der Waals surface area contributed by atoms with Crippen LogP contribution in [-0.2, 0) is 6.54 Å². The van der Waals surface area contributed by atoms with Gasteiger partial charge in [0, 0.05) is 12.2 Å². The Bertz CT molecular complexity index is 501. The van der Waals surface area contributed by atoms with Crippen LogP contribution < -0.4 is 5.73 Å². The molecule has 2 atom stereocenters. The Morgan fingerprint density at radius 1 is 1.53 bits per heavy atom. The fraction of sp³-hybridized carbons (Fsp3) is 0.417. The van der Waals surface area contributed by atoms with Crippen LogP contribution in [0.2, 0.25) is 0 Å². The second-order valence-corrected chi connectivity index (χ2v) is 4.62. The average Bonchev–Trinajstić information content (AvgIpc) is 2.74. The minimum atomic E-state index is 0.785. The van der Waals surface area contributed by atoms with E-state index < -0.39 is 0 Å². The Labute approximate surface area is 88.9 Å². The summed E-state index contributed by atoms with van der Waals surface area (Å²) in [5.74, 6) is 1.73. The van der Waals surface area contributed by atoms with E-state index in [0.717, 1.165) is 29.6 Å². The molecule has 15 heavy (non-hydrogen) atoms. The van der Waals surface area contributed by atoms with Crippen molar-refractivity contribution in [3.8, 4) is 0 Å². The topological polar surface area (TPSA) is 43.8 Å². The van der Waals surface area contributed by atoms with E-state index in [9.17, 15) is 0 Å². The van der Waals surface area contributed by atoms with E-state index >= 15 is 0 Å². The normalized spacial score (nSPS) is 24.6. The van der Waals surface area contributed by atoms with Crippen LogP contribution in [0.15, 0.2) is 24.5 Å². The molecule has 2 N–H and O–H groups in total. The first-order valence-corrected chi connectivity index (χ1v) is 5.44. The third-order valence-electron chi connectivity index (χ3n) is 3.35.